The summed E-state index contributed by atoms with van der Waals surface area (Å²) in [5.41, 5.74) is 1.85. The molecular formula is C21H18N2O5. The molecule has 0 aliphatic heterocycles. The molecule has 0 atom stereocenters. The first-order chi connectivity index (χ1) is 13.6. The number of carbonyl (C=O) groups excluding carboxylic acids is 1. The summed E-state index contributed by atoms with van der Waals surface area (Å²) in [6.07, 6.45) is 1.33. The standard InChI is InChI=1S/C21H18N2O5/c1-14-5-4-6-15(11-14)26-9-10-27-18(24)12-23-13-22-19-16-7-2-3-8-17(16)28-20(19)21(23)25/h2-8,11,13H,9-10,12H2,1H3. The molecule has 142 valence electrons. The molecule has 2 aromatic heterocycles. The van der Waals surface area contributed by atoms with Crippen LogP contribution in [0.5, 0.6) is 5.75 Å². The Labute approximate surface area is 160 Å². The minimum absolute atomic E-state index is 0.0852. The highest BCUT2D eigenvalue weighted by molar-refractivity contribution is 6.01. The van der Waals surface area contributed by atoms with E-state index in [1.165, 1.54) is 10.9 Å². The number of carbonyl (C=O) groups is 1. The number of aromatic nitrogens is 2. The molecule has 0 saturated heterocycles. The lowest BCUT2D eigenvalue weighted by Gasteiger charge is -2.08. The Hall–Kier alpha value is -3.61. The minimum atomic E-state index is -0.549. The number of esters is 1. The van der Waals surface area contributed by atoms with Gasteiger partial charge in [-0.25, -0.2) is 4.98 Å². The molecule has 28 heavy (non-hydrogen) atoms. The SMILES string of the molecule is Cc1cccc(OCCOC(=O)Cn2cnc3c(oc4ccccc43)c2=O)c1. The Balaban J connectivity index is 1.39. The topological polar surface area (TPSA) is 83.6 Å². The van der Waals surface area contributed by atoms with E-state index < -0.39 is 11.5 Å². The number of hydrogen-bond acceptors (Lipinski definition) is 6. The van der Waals surface area contributed by atoms with Crippen LogP contribution in [0.15, 0.2) is 64.1 Å². The van der Waals surface area contributed by atoms with Crippen LogP contribution in [0.4, 0.5) is 0 Å². The Morgan fingerprint density at radius 1 is 1.14 bits per heavy atom. The molecule has 4 aromatic rings. The summed E-state index contributed by atoms with van der Waals surface area (Å²) in [6, 6.07) is 14.9. The second-order valence-electron chi connectivity index (χ2n) is 6.34. The molecule has 2 aromatic carbocycles. The van der Waals surface area contributed by atoms with E-state index >= 15 is 0 Å². The molecule has 0 amide bonds. The fraction of sp³-hybridized carbons (Fsp3) is 0.190. The first-order valence-electron chi connectivity index (χ1n) is 8.83. The predicted molar refractivity (Wildman–Crippen MR) is 103 cm³/mol. The Morgan fingerprint density at radius 3 is 2.86 bits per heavy atom. The lowest BCUT2D eigenvalue weighted by Crippen LogP contribution is -2.26. The lowest BCUT2D eigenvalue weighted by atomic mass is 10.2. The average Bonchev–Trinajstić information content (AvgIpc) is 3.07. The average molecular weight is 378 g/mol. The van der Waals surface area contributed by atoms with E-state index in [4.69, 9.17) is 13.9 Å². The molecule has 2 heterocycles. The highest BCUT2D eigenvalue weighted by Crippen LogP contribution is 2.23. The summed E-state index contributed by atoms with van der Waals surface area (Å²) in [4.78, 5) is 28.9. The van der Waals surface area contributed by atoms with Gasteiger partial charge in [0.15, 0.2) is 0 Å². The van der Waals surface area contributed by atoms with E-state index in [1.54, 1.807) is 6.07 Å². The molecule has 0 fully saturated rings. The van der Waals surface area contributed by atoms with Crippen LogP contribution in [0.25, 0.3) is 22.1 Å². The van der Waals surface area contributed by atoms with Crippen molar-refractivity contribution in [2.24, 2.45) is 0 Å². The number of benzene rings is 2. The van der Waals surface area contributed by atoms with Crippen LogP contribution in [-0.4, -0.2) is 28.7 Å². The molecule has 0 aliphatic carbocycles. The normalized spacial score (nSPS) is 11.0. The Kier molecular flexibility index (Phi) is 4.80. The van der Waals surface area contributed by atoms with E-state index in [2.05, 4.69) is 4.98 Å². The van der Waals surface area contributed by atoms with Crippen LogP contribution < -0.4 is 10.3 Å². The van der Waals surface area contributed by atoms with Crippen molar-refractivity contribution < 1.29 is 18.7 Å². The maximum absolute atomic E-state index is 12.6. The van der Waals surface area contributed by atoms with E-state index in [0.717, 1.165) is 10.9 Å². The van der Waals surface area contributed by atoms with Crippen LogP contribution in [0, 0.1) is 6.92 Å². The first kappa shape index (κ1) is 17.8. The maximum Gasteiger partial charge on any atom is 0.326 e. The van der Waals surface area contributed by atoms with Crippen molar-refractivity contribution >= 4 is 28.0 Å². The summed E-state index contributed by atoms with van der Waals surface area (Å²) in [5.74, 6) is 0.166. The fourth-order valence-corrected chi connectivity index (χ4v) is 2.93. The summed E-state index contributed by atoms with van der Waals surface area (Å²) in [5, 5.41) is 0.762. The van der Waals surface area contributed by atoms with E-state index in [0.29, 0.717) is 16.8 Å². The van der Waals surface area contributed by atoms with Crippen molar-refractivity contribution in [1.82, 2.24) is 9.55 Å². The monoisotopic (exact) mass is 378 g/mol. The molecule has 0 radical (unpaired) electrons. The van der Waals surface area contributed by atoms with Gasteiger partial charge in [0.05, 0.1) is 6.33 Å². The Bertz CT molecular complexity index is 1210. The lowest BCUT2D eigenvalue weighted by molar-refractivity contribution is -0.145. The van der Waals surface area contributed by atoms with Gasteiger partial charge in [-0.2, -0.15) is 0 Å². The zero-order chi connectivity index (χ0) is 19.5. The third kappa shape index (κ3) is 3.59. The second kappa shape index (κ2) is 7.56. The van der Waals surface area contributed by atoms with Crippen LogP contribution in [0.1, 0.15) is 5.56 Å². The minimum Gasteiger partial charge on any atom is -0.490 e. The van der Waals surface area contributed by atoms with E-state index in [9.17, 15) is 9.59 Å². The molecule has 0 bridgehead atoms. The summed E-state index contributed by atoms with van der Waals surface area (Å²) in [6.45, 7) is 2.04. The van der Waals surface area contributed by atoms with Crippen molar-refractivity contribution in [1.29, 1.82) is 0 Å². The quantitative estimate of drug-likeness (QED) is 0.379. The van der Waals surface area contributed by atoms with E-state index in [1.807, 2.05) is 49.4 Å². The molecule has 0 spiro atoms. The van der Waals surface area contributed by atoms with E-state index in [-0.39, 0.29) is 25.3 Å². The van der Waals surface area contributed by atoms with Crippen molar-refractivity contribution in [2.75, 3.05) is 13.2 Å². The van der Waals surface area contributed by atoms with Crippen LogP contribution in [0.2, 0.25) is 0 Å². The molecule has 0 unspecified atom stereocenters. The third-order valence-corrected chi connectivity index (χ3v) is 4.25. The third-order valence-electron chi connectivity index (χ3n) is 4.25. The van der Waals surface area contributed by atoms with Crippen molar-refractivity contribution in [3.8, 4) is 5.75 Å². The van der Waals surface area contributed by atoms with Gasteiger partial charge in [-0.15, -0.1) is 0 Å². The number of furan rings is 1. The van der Waals surface area contributed by atoms with Crippen LogP contribution in [-0.2, 0) is 16.1 Å². The van der Waals surface area contributed by atoms with Gasteiger partial charge in [0.25, 0.3) is 5.56 Å². The molecule has 7 nitrogen and oxygen atoms in total. The second-order valence-corrected chi connectivity index (χ2v) is 6.34. The van der Waals surface area contributed by atoms with Crippen LogP contribution in [0.3, 0.4) is 0 Å². The first-order valence-corrected chi connectivity index (χ1v) is 8.83. The molecule has 0 N–H and O–H groups in total. The van der Waals surface area contributed by atoms with Gasteiger partial charge in [-0.05, 0) is 36.8 Å². The van der Waals surface area contributed by atoms with Crippen LogP contribution >= 0.6 is 0 Å². The van der Waals surface area contributed by atoms with Gasteiger partial charge in [-0.1, -0.05) is 24.3 Å². The highest BCUT2D eigenvalue weighted by Gasteiger charge is 2.15. The zero-order valence-corrected chi connectivity index (χ0v) is 15.3. The van der Waals surface area contributed by atoms with Crippen molar-refractivity contribution in [3.63, 3.8) is 0 Å². The molecule has 0 saturated carbocycles. The molecule has 0 aliphatic rings. The number of ether oxygens (including phenoxy) is 2. The van der Waals surface area contributed by atoms with Gasteiger partial charge in [-0.3, -0.25) is 14.2 Å². The van der Waals surface area contributed by atoms with Crippen molar-refractivity contribution in [3.05, 3.63) is 70.8 Å². The van der Waals surface area contributed by atoms with Gasteiger partial charge in [0.1, 0.15) is 36.6 Å². The number of hydrogen-bond donors (Lipinski definition) is 0. The highest BCUT2D eigenvalue weighted by atomic mass is 16.6. The summed E-state index contributed by atoms with van der Waals surface area (Å²) in [7, 11) is 0. The smallest absolute Gasteiger partial charge is 0.326 e. The number of nitrogens with zero attached hydrogens (tertiary/aromatic N) is 2. The summed E-state index contributed by atoms with van der Waals surface area (Å²) < 4.78 is 17.4. The number of aryl methyl sites for hydroxylation is 1. The number of fused-ring (bicyclic) bond motifs is 3. The Morgan fingerprint density at radius 2 is 2.00 bits per heavy atom. The molecular weight excluding hydrogens is 360 g/mol. The summed E-state index contributed by atoms with van der Waals surface area (Å²) >= 11 is 0. The van der Waals surface area contributed by atoms with Crippen molar-refractivity contribution in [2.45, 2.75) is 13.5 Å². The zero-order valence-electron chi connectivity index (χ0n) is 15.3. The number of para-hydroxylation sites is 1. The predicted octanol–water partition coefficient (Wildman–Crippen LogP) is 3.07. The molecule has 4 rings (SSSR count). The fourth-order valence-electron chi connectivity index (χ4n) is 2.93. The molecule has 7 heteroatoms. The van der Waals surface area contributed by atoms with Gasteiger partial charge < -0.3 is 13.9 Å². The van der Waals surface area contributed by atoms with Gasteiger partial charge in [0, 0.05) is 5.39 Å². The number of rotatable bonds is 6. The van der Waals surface area contributed by atoms with Gasteiger partial charge >= 0.3 is 5.97 Å². The maximum atomic E-state index is 12.6. The largest absolute Gasteiger partial charge is 0.490 e. The van der Waals surface area contributed by atoms with Gasteiger partial charge in [0.2, 0.25) is 5.58 Å².